The predicted molar refractivity (Wildman–Crippen MR) is 92.0 cm³/mol. The van der Waals surface area contributed by atoms with Gasteiger partial charge in [-0.1, -0.05) is 6.07 Å². The Kier molecular flexibility index (Phi) is 3.84. The van der Waals surface area contributed by atoms with Gasteiger partial charge in [0.1, 0.15) is 11.3 Å². The van der Waals surface area contributed by atoms with Crippen molar-refractivity contribution in [1.82, 2.24) is 5.32 Å². The minimum atomic E-state index is -1.05. The summed E-state index contributed by atoms with van der Waals surface area (Å²) in [6.07, 6.45) is 2.30. The average molecular weight is 353 g/mol. The van der Waals surface area contributed by atoms with Crippen LogP contribution in [0.4, 0.5) is 0 Å². The maximum atomic E-state index is 12.2. The maximum Gasteiger partial charge on any atom is 0.341 e. The number of rotatable bonds is 4. The number of carboxylic acids is 1. The lowest BCUT2D eigenvalue weighted by molar-refractivity contribution is -0.139. The smallest absolute Gasteiger partial charge is 0.341 e. The third-order valence-electron chi connectivity index (χ3n) is 4.53. The molecule has 132 valence electrons. The van der Waals surface area contributed by atoms with Crippen molar-refractivity contribution >= 4 is 39.5 Å². The van der Waals surface area contributed by atoms with Gasteiger partial charge in [-0.05, 0) is 41.5 Å². The minimum absolute atomic E-state index is 0.260. The first-order chi connectivity index (χ1) is 12.5. The summed E-state index contributed by atoms with van der Waals surface area (Å²) in [5.74, 6) is -1.62. The number of carboxylic acid groups (broad SMARTS) is 1. The molecule has 2 N–H and O–H groups in total. The van der Waals surface area contributed by atoms with Gasteiger partial charge in [0, 0.05) is 17.4 Å². The number of piperidine rings is 1. The van der Waals surface area contributed by atoms with Gasteiger partial charge in [-0.3, -0.25) is 14.9 Å². The topological polar surface area (TPSA) is 106 Å². The summed E-state index contributed by atoms with van der Waals surface area (Å²) in [5, 5.41) is 13.6. The lowest BCUT2D eigenvalue weighted by atomic mass is 9.89. The van der Waals surface area contributed by atoms with Gasteiger partial charge in [0.15, 0.2) is 6.61 Å². The molecule has 7 heteroatoms. The van der Waals surface area contributed by atoms with Gasteiger partial charge >= 0.3 is 5.97 Å². The number of ether oxygens (including phenoxy) is 1. The highest BCUT2D eigenvalue weighted by molar-refractivity contribution is 6.10. The summed E-state index contributed by atoms with van der Waals surface area (Å²) in [6, 6.07) is 8.90. The number of carbonyl (C=O) groups is 3. The van der Waals surface area contributed by atoms with Crippen LogP contribution < -0.4 is 10.1 Å². The lowest BCUT2D eigenvalue weighted by Gasteiger charge is -2.20. The molecular formula is C19H15NO6. The van der Waals surface area contributed by atoms with Crippen LogP contribution in [0.15, 0.2) is 41.0 Å². The van der Waals surface area contributed by atoms with Crippen molar-refractivity contribution in [2.45, 2.75) is 18.8 Å². The third kappa shape index (κ3) is 2.77. The molecule has 1 unspecified atom stereocenters. The highest BCUT2D eigenvalue weighted by atomic mass is 16.5. The van der Waals surface area contributed by atoms with Crippen molar-refractivity contribution in [3.8, 4) is 5.75 Å². The Balaban J connectivity index is 1.79. The van der Waals surface area contributed by atoms with Crippen molar-refractivity contribution < 1.29 is 28.6 Å². The van der Waals surface area contributed by atoms with E-state index in [4.69, 9.17) is 14.3 Å². The van der Waals surface area contributed by atoms with Gasteiger partial charge in [-0.15, -0.1) is 0 Å². The minimum Gasteiger partial charge on any atom is -0.482 e. The molecule has 1 fully saturated rings. The number of carbonyl (C=O) groups excluding carboxylic acids is 2. The van der Waals surface area contributed by atoms with E-state index < -0.39 is 18.5 Å². The fraction of sp³-hybridized carbons (Fsp3) is 0.211. The van der Waals surface area contributed by atoms with E-state index in [0.29, 0.717) is 24.2 Å². The number of amides is 2. The van der Waals surface area contributed by atoms with Crippen LogP contribution >= 0.6 is 0 Å². The zero-order valence-corrected chi connectivity index (χ0v) is 13.7. The molecule has 3 aromatic rings. The molecule has 1 aliphatic rings. The van der Waals surface area contributed by atoms with E-state index in [1.807, 2.05) is 12.1 Å². The van der Waals surface area contributed by atoms with E-state index >= 15 is 0 Å². The van der Waals surface area contributed by atoms with E-state index in [2.05, 4.69) is 5.32 Å². The van der Waals surface area contributed by atoms with E-state index in [1.54, 1.807) is 24.5 Å². The SMILES string of the molecule is O=C(O)COc1ccc2c(ccc3occ(C4CCC(=O)NC4=O)c32)c1. The first-order valence-electron chi connectivity index (χ1n) is 8.15. The van der Waals surface area contributed by atoms with Crippen LogP contribution in [-0.2, 0) is 14.4 Å². The second-order valence-electron chi connectivity index (χ2n) is 6.20. The van der Waals surface area contributed by atoms with Crippen molar-refractivity contribution in [1.29, 1.82) is 0 Å². The molecule has 26 heavy (non-hydrogen) atoms. The number of imide groups is 1. The van der Waals surface area contributed by atoms with Crippen LogP contribution in [0.2, 0.25) is 0 Å². The molecule has 4 rings (SSSR count). The van der Waals surface area contributed by atoms with Crippen molar-refractivity contribution in [3.05, 3.63) is 42.2 Å². The second kappa shape index (κ2) is 6.18. The van der Waals surface area contributed by atoms with Crippen LogP contribution in [0.5, 0.6) is 5.75 Å². The largest absolute Gasteiger partial charge is 0.482 e. The Hall–Kier alpha value is -3.35. The zero-order chi connectivity index (χ0) is 18.3. The fourth-order valence-corrected chi connectivity index (χ4v) is 3.35. The molecule has 1 aromatic heterocycles. The highest BCUT2D eigenvalue weighted by Gasteiger charge is 2.30. The van der Waals surface area contributed by atoms with Crippen LogP contribution in [0.25, 0.3) is 21.7 Å². The van der Waals surface area contributed by atoms with E-state index in [0.717, 1.165) is 21.7 Å². The van der Waals surface area contributed by atoms with Gasteiger partial charge in [0.05, 0.1) is 12.2 Å². The Morgan fingerprint density at radius 2 is 2.12 bits per heavy atom. The summed E-state index contributed by atoms with van der Waals surface area (Å²) in [5.41, 5.74) is 1.39. The molecule has 1 aliphatic heterocycles. The fourth-order valence-electron chi connectivity index (χ4n) is 3.35. The summed E-state index contributed by atoms with van der Waals surface area (Å²) < 4.78 is 10.8. The second-order valence-corrected chi connectivity index (χ2v) is 6.20. The standard InChI is InChI=1S/C19H15NO6/c21-16-6-4-13(19(24)20-16)14-8-26-15-5-1-10-7-11(25-9-17(22)23)2-3-12(10)18(14)15/h1-3,5,7-8,13H,4,6,9H2,(H,22,23)(H,20,21,24). The van der Waals surface area contributed by atoms with Gasteiger partial charge in [0.2, 0.25) is 11.8 Å². The highest BCUT2D eigenvalue weighted by Crippen LogP contribution is 2.37. The lowest BCUT2D eigenvalue weighted by Crippen LogP contribution is -2.39. The van der Waals surface area contributed by atoms with Gasteiger partial charge in [-0.2, -0.15) is 0 Å². The first-order valence-corrected chi connectivity index (χ1v) is 8.15. The van der Waals surface area contributed by atoms with Crippen LogP contribution in [0.3, 0.4) is 0 Å². The van der Waals surface area contributed by atoms with E-state index in [-0.39, 0.29) is 11.8 Å². The first kappa shape index (κ1) is 16.1. The van der Waals surface area contributed by atoms with Crippen LogP contribution in [-0.4, -0.2) is 29.5 Å². The number of aliphatic carboxylic acids is 1. The Morgan fingerprint density at radius 3 is 2.88 bits per heavy atom. The van der Waals surface area contributed by atoms with Crippen molar-refractivity contribution in [3.63, 3.8) is 0 Å². The third-order valence-corrected chi connectivity index (χ3v) is 4.53. The number of hydrogen-bond acceptors (Lipinski definition) is 5. The Morgan fingerprint density at radius 1 is 1.27 bits per heavy atom. The quantitative estimate of drug-likeness (QED) is 0.698. The maximum absolute atomic E-state index is 12.2. The van der Waals surface area contributed by atoms with Gasteiger partial charge in [-0.25, -0.2) is 4.79 Å². The van der Waals surface area contributed by atoms with Crippen LogP contribution in [0.1, 0.15) is 24.3 Å². The molecule has 0 aliphatic carbocycles. The zero-order valence-electron chi connectivity index (χ0n) is 13.7. The molecular weight excluding hydrogens is 338 g/mol. The summed E-state index contributed by atoms with van der Waals surface area (Å²) in [6.45, 7) is -0.416. The molecule has 0 spiro atoms. The van der Waals surface area contributed by atoms with E-state index in [1.165, 1.54) is 0 Å². The summed E-state index contributed by atoms with van der Waals surface area (Å²) in [4.78, 5) is 34.3. The molecule has 1 saturated heterocycles. The molecule has 2 heterocycles. The van der Waals surface area contributed by atoms with Gasteiger partial charge < -0.3 is 14.3 Å². The van der Waals surface area contributed by atoms with Gasteiger partial charge in [0.25, 0.3) is 0 Å². The molecule has 2 amide bonds. The monoisotopic (exact) mass is 353 g/mol. The van der Waals surface area contributed by atoms with Crippen molar-refractivity contribution in [2.24, 2.45) is 0 Å². The predicted octanol–water partition coefficient (Wildman–Crippen LogP) is 2.57. The van der Waals surface area contributed by atoms with E-state index in [9.17, 15) is 14.4 Å². The molecule has 2 aromatic carbocycles. The summed E-state index contributed by atoms with van der Waals surface area (Å²) in [7, 11) is 0. The number of benzene rings is 2. The molecule has 0 radical (unpaired) electrons. The number of nitrogens with one attached hydrogen (secondary N) is 1. The number of hydrogen-bond donors (Lipinski definition) is 2. The molecule has 0 bridgehead atoms. The molecule has 7 nitrogen and oxygen atoms in total. The number of furan rings is 1. The average Bonchev–Trinajstić information content (AvgIpc) is 3.04. The normalized spacial score (nSPS) is 17.5. The van der Waals surface area contributed by atoms with Crippen LogP contribution in [0, 0.1) is 0 Å². The number of fused-ring (bicyclic) bond motifs is 3. The Bertz CT molecular complexity index is 1050. The Labute approximate surface area is 147 Å². The molecule has 0 saturated carbocycles. The van der Waals surface area contributed by atoms with Crippen molar-refractivity contribution in [2.75, 3.05) is 6.61 Å². The molecule has 1 atom stereocenters. The summed E-state index contributed by atoms with van der Waals surface area (Å²) >= 11 is 0.